The number of hydrogen-bond acceptors (Lipinski definition) is 6. The largest absolute Gasteiger partial charge is 0.389 e. The van der Waals surface area contributed by atoms with E-state index in [2.05, 4.69) is 31.3 Å². The molecule has 0 aliphatic carbocycles. The number of nitrogens with zero attached hydrogens (tertiary/aromatic N) is 3. The Hall–Kier alpha value is -0.920. The number of nitrogens with two attached hydrogens (primary N) is 1. The Balaban J connectivity index is 3.02. The van der Waals surface area contributed by atoms with Crippen LogP contribution < -0.4 is 16.2 Å². The van der Waals surface area contributed by atoms with Gasteiger partial charge in [-0.2, -0.15) is 4.98 Å². The van der Waals surface area contributed by atoms with E-state index in [4.69, 9.17) is 5.84 Å². The number of aromatic nitrogens is 2. The molecule has 0 saturated heterocycles. The van der Waals surface area contributed by atoms with E-state index in [9.17, 15) is 5.11 Å². The molecular weight excluding hydrogens is 286 g/mol. The predicted octanol–water partition coefficient (Wildman–Crippen LogP) is 1.12. The highest BCUT2D eigenvalue weighted by molar-refractivity contribution is 9.10. The van der Waals surface area contributed by atoms with Crippen molar-refractivity contribution in [3.05, 3.63) is 10.7 Å². The van der Waals surface area contributed by atoms with Gasteiger partial charge in [0.05, 0.1) is 10.1 Å². The number of rotatable bonds is 5. The summed E-state index contributed by atoms with van der Waals surface area (Å²) in [5, 5.41) is 9.86. The summed E-state index contributed by atoms with van der Waals surface area (Å²) in [6.07, 6.45) is 1.63. The van der Waals surface area contributed by atoms with Gasteiger partial charge in [0.25, 0.3) is 0 Å². The number of anilines is 2. The minimum absolute atomic E-state index is 0.345. The molecule has 0 amide bonds. The van der Waals surface area contributed by atoms with Crippen LogP contribution in [-0.2, 0) is 0 Å². The number of halogens is 1. The van der Waals surface area contributed by atoms with Gasteiger partial charge in [-0.1, -0.05) is 0 Å². The first kappa shape index (κ1) is 14.1. The average Bonchev–Trinajstić information content (AvgIpc) is 2.25. The molecule has 0 aromatic carbocycles. The lowest BCUT2D eigenvalue weighted by Gasteiger charge is -2.29. The van der Waals surface area contributed by atoms with E-state index in [1.165, 1.54) is 0 Å². The number of nitrogens with one attached hydrogen (secondary N) is 1. The Kier molecular flexibility index (Phi) is 4.67. The van der Waals surface area contributed by atoms with Crippen molar-refractivity contribution in [3.63, 3.8) is 0 Å². The minimum atomic E-state index is -0.795. The highest BCUT2D eigenvalue weighted by Crippen LogP contribution is 2.25. The molecule has 1 rings (SSSR count). The minimum Gasteiger partial charge on any atom is -0.389 e. The predicted molar refractivity (Wildman–Crippen MR) is 71.7 cm³/mol. The number of aliphatic hydroxyl groups is 1. The van der Waals surface area contributed by atoms with E-state index in [1.807, 2.05) is 11.8 Å². The lowest BCUT2D eigenvalue weighted by Crippen LogP contribution is -2.39. The summed E-state index contributed by atoms with van der Waals surface area (Å²) >= 11 is 3.39. The van der Waals surface area contributed by atoms with Crippen LogP contribution in [0.1, 0.15) is 20.8 Å². The molecule has 7 heteroatoms. The highest BCUT2D eigenvalue weighted by atomic mass is 79.9. The summed E-state index contributed by atoms with van der Waals surface area (Å²) in [6, 6.07) is 0. The van der Waals surface area contributed by atoms with Gasteiger partial charge in [0.15, 0.2) is 0 Å². The van der Waals surface area contributed by atoms with E-state index in [0.29, 0.717) is 18.3 Å². The Labute approximate surface area is 109 Å². The molecule has 0 bridgehead atoms. The van der Waals surface area contributed by atoms with Crippen LogP contribution in [0.5, 0.6) is 0 Å². The van der Waals surface area contributed by atoms with Crippen LogP contribution in [0.4, 0.5) is 11.8 Å². The summed E-state index contributed by atoms with van der Waals surface area (Å²) in [7, 11) is 0. The number of hydrogen-bond donors (Lipinski definition) is 3. The Morgan fingerprint density at radius 3 is 2.71 bits per heavy atom. The molecule has 0 spiro atoms. The number of hydrazine groups is 1. The van der Waals surface area contributed by atoms with Crippen molar-refractivity contribution in [1.82, 2.24) is 9.97 Å². The maximum atomic E-state index is 9.86. The van der Waals surface area contributed by atoms with E-state index in [-0.39, 0.29) is 0 Å². The second kappa shape index (κ2) is 5.61. The maximum absolute atomic E-state index is 9.86. The van der Waals surface area contributed by atoms with Crippen LogP contribution in [0.2, 0.25) is 0 Å². The first-order valence-corrected chi connectivity index (χ1v) is 6.13. The SMILES string of the molecule is CCN(CC(C)(C)O)c1nc(NN)ncc1Br. The topological polar surface area (TPSA) is 87.3 Å². The van der Waals surface area contributed by atoms with Crippen LogP contribution in [0.25, 0.3) is 0 Å². The van der Waals surface area contributed by atoms with Crippen molar-refractivity contribution in [2.45, 2.75) is 26.4 Å². The monoisotopic (exact) mass is 303 g/mol. The van der Waals surface area contributed by atoms with Crippen molar-refractivity contribution in [2.75, 3.05) is 23.4 Å². The molecule has 96 valence electrons. The van der Waals surface area contributed by atoms with Gasteiger partial charge < -0.3 is 10.0 Å². The summed E-state index contributed by atoms with van der Waals surface area (Å²) in [5.41, 5.74) is 1.61. The van der Waals surface area contributed by atoms with Crippen LogP contribution in [0, 0.1) is 0 Å². The average molecular weight is 304 g/mol. The second-order valence-corrected chi connectivity index (χ2v) is 5.19. The van der Waals surface area contributed by atoms with Gasteiger partial charge in [-0.15, -0.1) is 0 Å². The lowest BCUT2D eigenvalue weighted by atomic mass is 10.1. The summed E-state index contributed by atoms with van der Waals surface area (Å²) in [6.45, 7) is 6.71. The van der Waals surface area contributed by atoms with Gasteiger partial charge in [0.1, 0.15) is 5.82 Å². The van der Waals surface area contributed by atoms with Gasteiger partial charge in [-0.05, 0) is 36.7 Å². The molecule has 0 aliphatic rings. The first-order chi connectivity index (χ1) is 7.87. The molecule has 1 aromatic heterocycles. The van der Waals surface area contributed by atoms with Crippen molar-refractivity contribution in [2.24, 2.45) is 5.84 Å². The Morgan fingerprint density at radius 2 is 2.24 bits per heavy atom. The molecule has 0 atom stereocenters. The summed E-state index contributed by atoms with van der Waals surface area (Å²) in [5.74, 6) is 6.33. The van der Waals surface area contributed by atoms with E-state index in [0.717, 1.165) is 11.0 Å². The Morgan fingerprint density at radius 1 is 1.59 bits per heavy atom. The summed E-state index contributed by atoms with van der Waals surface area (Å²) in [4.78, 5) is 10.2. The fourth-order valence-corrected chi connectivity index (χ4v) is 1.89. The number of likely N-dealkylation sites (N-methyl/N-ethyl adjacent to an activating group) is 1. The van der Waals surface area contributed by atoms with Crippen LogP contribution in [-0.4, -0.2) is 33.8 Å². The Bertz CT molecular complexity index is 379. The van der Waals surface area contributed by atoms with Crippen molar-refractivity contribution >= 4 is 27.7 Å². The lowest BCUT2D eigenvalue weighted by molar-refractivity contribution is 0.0874. The molecule has 0 unspecified atom stereocenters. The van der Waals surface area contributed by atoms with Crippen LogP contribution in [0.15, 0.2) is 10.7 Å². The zero-order valence-electron chi connectivity index (χ0n) is 10.2. The molecule has 6 nitrogen and oxygen atoms in total. The van der Waals surface area contributed by atoms with Crippen LogP contribution >= 0.6 is 15.9 Å². The van der Waals surface area contributed by atoms with Crippen molar-refractivity contribution in [1.29, 1.82) is 0 Å². The molecule has 0 saturated carbocycles. The van der Waals surface area contributed by atoms with E-state index in [1.54, 1.807) is 20.0 Å². The first-order valence-electron chi connectivity index (χ1n) is 5.34. The second-order valence-electron chi connectivity index (χ2n) is 4.34. The van der Waals surface area contributed by atoms with Gasteiger partial charge in [0.2, 0.25) is 5.95 Å². The van der Waals surface area contributed by atoms with Gasteiger partial charge in [-0.25, -0.2) is 10.8 Å². The third-order valence-electron chi connectivity index (χ3n) is 2.11. The zero-order valence-corrected chi connectivity index (χ0v) is 11.8. The number of nitrogen functional groups attached to an aromatic ring is 1. The highest BCUT2D eigenvalue weighted by Gasteiger charge is 2.20. The molecule has 0 aliphatic heterocycles. The van der Waals surface area contributed by atoms with Gasteiger partial charge >= 0.3 is 0 Å². The van der Waals surface area contributed by atoms with Crippen molar-refractivity contribution < 1.29 is 5.11 Å². The smallest absolute Gasteiger partial charge is 0.239 e. The standard InChI is InChI=1S/C10H18BrN5O/c1-4-16(6-10(2,3)17)8-7(11)5-13-9(14-8)15-12/h5,17H,4,6,12H2,1-3H3,(H,13,14,15). The normalized spacial score (nSPS) is 11.4. The third kappa shape index (κ3) is 4.10. The van der Waals surface area contributed by atoms with Crippen LogP contribution in [0.3, 0.4) is 0 Å². The molecule has 1 aromatic rings. The molecule has 1 heterocycles. The molecule has 17 heavy (non-hydrogen) atoms. The van der Waals surface area contributed by atoms with Crippen molar-refractivity contribution in [3.8, 4) is 0 Å². The molecule has 4 N–H and O–H groups in total. The molecule has 0 radical (unpaired) electrons. The fraction of sp³-hybridized carbons (Fsp3) is 0.600. The third-order valence-corrected chi connectivity index (χ3v) is 2.67. The molecule has 0 fully saturated rings. The fourth-order valence-electron chi connectivity index (χ4n) is 1.45. The quantitative estimate of drug-likeness (QED) is 0.558. The summed E-state index contributed by atoms with van der Waals surface area (Å²) < 4.78 is 0.766. The zero-order chi connectivity index (χ0) is 13.1. The maximum Gasteiger partial charge on any atom is 0.239 e. The van der Waals surface area contributed by atoms with E-state index < -0.39 is 5.60 Å². The van der Waals surface area contributed by atoms with Gasteiger partial charge in [-0.3, -0.25) is 5.43 Å². The van der Waals surface area contributed by atoms with Gasteiger partial charge in [0, 0.05) is 19.3 Å². The molecular formula is C10H18BrN5O. The van der Waals surface area contributed by atoms with E-state index >= 15 is 0 Å².